The number of hydrogen-bond acceptors (Lipinski definition) is 5. The highest BCUT2D eigenvalue weighted by molar-refractivity contribution is 5.62. The summed E-state index contributed by atoms with van der Waals surface area (Å²) in [5.74, 6) is 6.08. The summed E-state index contributed by atoms with van der Waals surface area (Å²) in [5.41, 5.74) is 3.87. The molecule has 0 unspecified atom stereocenters. The van der Waals surface area contributed by atoms with E-state index in [9.17, 15) is 10.1 Å². The Bertz CT molecular complexity index is 500. The molecule has 0 amide bonds. The normalized spacial score (nSPS) is 14.7. The maximum Gasteiger partial charge on any atom is 0.293 e. The van der Waals surface area contributed by atoms with E-state index in [0.29, 0.717) is 17.6 Å². The number of hydrogen-bond donors (Lipinski definition) is 2. The molecule has 0 aliphatic heterocycles. The quantitative estimate of drug-likeness (QED) is 0.437. The minimum Gasteiger partial charge on any atom is -0.318 e. The van der Waals surface area contributed by atoms with Crippen molar-refractivity contribution < 1.29 is 4.92 Å². The number of benzene rings is 1. The van der Waals surface area contributed by atoms with Crippen molar-refractivity contribution in [2.75, 3.05) is 12.0 Å². The molecule has 6 nitrogen and oxygen atoms in total. The van der Waals surface area contributed by atoms with Gasteiger partial charge in [-0.25, -0.2) is 0 Å². The smallest absolute Gasteiger partial charge is 0.293 e. The van der Waals surface area contributed by atoms with Gasteiger partial charge in [-0.1, -0.05) is 19.9 Å². The van der Waals surface area contributed by atoms with E-state index in [1.807, 2.05) is 6.07 Å². The molecule has 0 bridgehead atoms. The lowest BCUT2D eigenvalue weighted by Gasteiger charge is -2.23. The predicted octanol–water partition coefficient (Wildman–Crippen LogP) is 2.89. The summed E-state index contributed by atoms with van der Waals surface area (Å²) >= 11 is 0. The van der Waals surface area contributed by atoms with Gasteiger partial charge in [0.15, 0.2) is 0 Å². The highest BCUT2D eigenvalue weighted by Gasteiger charge is 2.29. The third kappa shape index (κ3) is 4.41. The first kappa shape index (κ1) is 15.7. The molecule has 1 fully saturated rings. The van der Waals surface area contributed by atoms with Gasteiger partial charge in [0.25, 0.3) is 5.69 Å². The first-order valence-corrected chi connectivity index (χ1v) is 7.49. The van der Waals surface area contributed by atoms with Crippen LogP contribution in [0.3, 0.4) is 0 Å². The van der Waals surface area contributed by atoms with Crippen LogP contribution in [0.5, 0.6) is 0 Å². The predicted molar refractivity (Wildman–Crippen MR) is 83.8 cm³/mol. The second kappa shape index (κ2) is 6.87. The SMILES string of the molecule is CC(C)CCN(Cc1ccc([N+](=O)[O-])c(NN)c1)C1CC1. The fraction of sp³-hybridized carbons (Fsp3) is 0.600. The van der Waals surface area contributed by atoms with E-state index in [0.717, 1.165) is 18.7 Å². The molecule has 0 saturated heterocycles. The summed E-state index contributed by atoms with van der Waals surface area (Å²) in [6.45, 7) is 6.36. The number of rotatable bonds is 8. The Morgan fingerprint density at radius 2 is 2.19 bits per heavy atom. The molecule has 0 aromatic heterocycles. The number of nitrogen functional groups attached to an aromatic ring is 1. The summed E-state index contributed by atoms with van der Waals surface area (Å²) in [5, 5.41) is 10.9. The van der Waals surface area contributed by atoms with Crippen LogP contribution in [0.4, 0.5) is 11.4 Å². The van der Waals surface area contributed by atoms with E-state index in [2.05, 4.69) is 24.2 Å². The zero-order valence-electron chi connectivity index (χ0n) is 12.7. The fourth-order valence-electron chi connectivity index (χ4n) is 2.45. The molecule has 6 heteroatoms. The standard InChI is InChI=1S/C15H24N4O2/c1-11(2)7-8-18(13-4-5-13)10-12-3-6-15(19(20)21)14(9-12)17-16/h3,6,9,11,13,17H,4-5,7-8,10,16H2,1-2H3. The van der Waals surface area contributed by atoms with Gasteiger partial charge in [-0.15, -0.1) is 0 Å². The van der Waals surface area contributed by atoms with Crippen LogP contribution in [0.15, 0.2) is 18.2 Å². The molecule has 1 aromatic rings. The van der Waals surface area contributed by atoms with Crippen molar-refractivity contribution in [3.63, 3.8) is 0 Å². The first-order chi connectivity index (χ1) is 10.0. The van der Waals surface area contributed by atoms with Crippen molar-refractivity contribution >= 4 is 11.4 Å². The topological polar surface area (TPSA) is 84.4 Å². The number of nitrogens with two attached hydrogens (primary N) is 1. The molecule has 1 aliphatic rings. The van der Waals surface area contributed by atoms with E-state index >= 15 is 0 Å². The molecule has 1 aliphatic carbocycles. The van der Waals surface area contributed by atoms with Gasteiger partial charge in [0.2, 0.25) is 0 Å². The van der Waals surface area contributed by atoms with Crippen LogP contribution in [0, 0.1) is 16.0 Å². The van der Waals surface area contributed by atoms with Gasteiger partial charge >= 0.3 is 0 Å². The van der Waals surface area contributed by atoms with Gasteiger partial charge in [0.05, 0.1) is 4.92 Å². The average Bonchev–Trinajstić information content (AvgIpc) is 3.27. The lowest BCUT2D eigenvalue weighted by Crippen LogP contribution is -2.27. The lowest BCUT2D eigenvalue weighted by atomic mass is 10.1. The van der Waals surface area contributed by atoms with E-state index < -0.39 is 4.92 Å². The Morgan fingerprint density at radius 1 is 1.48 bits per heavy atom. The molecule has 21 heavy (non-hydrogen) atoms. The van der Waals surface area contributed by atoms with Crippen LogP contribution in [-0.4, -0.2) is 22.4 Å². The Hall–Kier alpha value is -1.66. The van der Waals surface area contributed by atoms with Gasteiger partial charge in [0, 0.05) is 18.7 Å². The molecule has 116 valence electrons. The van der Waals surface area contributed by atoms with Crippen molar-refractivity contribution in [2.24, 2.45) is 11.8 Å². The summed E-state index contributed by atoms with van der Waals surface area (Å²) in [4.78, 5) is 13.0. The third-order valence-electron chi connectivity index (χ3n) is 3.86. The van der Waals surface area contributed by atoms with Crippen LogP contribution in [0.2, 0.25) is 0 Å². The minimum absolute atomic E-state index is 0.0152. The Morgan fingerprint density at radius 3 is 2.71 bits per heavy atom. The zero-order valence-corrected chi connectivity index (χ0v) is 12.7. The molecule has 0 atom stereocenters. The summed E-state index contributed by atoms with van der Waals surface area (Å²) in [6, 6.07) is 5.80. The highest BCUT2D eigenvalue weighted by Crippen LogP contribution is 2.30. The second-order valence-corrected chi connectivity index (χ2v) is 6.14. The largest absolute Gasteiger partial charge is 0.318 e. The Kier molecular flexibility index (Phi) is 5.14. The number of hydrazine groups is 1. The van der Waals surface area contributed by atoms with Crippen LogP contribution in [0.25, 0.3) is 0 Å². The van der Waals surface area contributed by atoms with Gasteiger partial charge in [0.1, 0.15) is 5.69 Å². The van der Waals surface area contributed by atoms with Crippen molar-refractivity contribution in [1.82, 2.24) is 4.90 Å². The monoisotopic (exact) mass is 292 g/mol. The van der Waals surface area contributed by atoms with E-state index in [4.69, 9.17) is 5.84 Å². The summed E-state index contributed by atoms with van der Waals surface area (Å²) in [7, 11) is 0. The Labute approximate surface area is 125 Å². The molecule has 3 N–H and O–H groups in total. The first-order valence-electron chi connectivity index (χ1n) is 7.49. The molecule has 0 radical (unpaired) electrons. The maximum atomic E-state index is 10.9. The average molecular weight is 292 g/mol. The Balaban J connectivity index is 2.07. The minimum atomic E-state index is -0.420. The van der Waals surface area contributed by atoms with Gasteiger partial charge < -0.3 is 5.43 Å². The third-order valence-corrected chi connectivity index (χ3v) is 3.86. The molecule has 2 rings (SSSR count). The van der Waals surface area contributed by atoms with E-state index in [1.165, 1.54) is 25.3 Å². The van der Waals surface area contributed by atoms with Gasteiger partial charge in [-0.2, -0.15) is 0 Å². The second-order valence-electron chi connectivity index (χ2n) is 6.14. The number of anilines is 1. The lowest BCUT2D eigenvalue weighted by molar-refractivity contribution is -0.384. The molecular weight excluding hydrogens is 268 g/mol. The van der Waals surface area contributed by atoms with Crippen LogP contribution in [0.1, 0.15) is 38.7 Å². The number of nitro groups is 1. The van der Waals surface area contributed by atoms with Crippen LogP contribution in [-0.2, 0) is 6.54 Å². The van der Waals surface area contributed by atoms with Crippen molar-refractivity contribution in [2.45, 2.75) is 45.7 Å². The molecule has 0 heterocycles. The van der Waals surface area contributed by atoms with Crippen molar-refractivity contribution in [3.8, 4) is 0 Å². The summed E-state index contributed by atoms with van der Waals surface area (Å²) < 4.78 is 0. The number of nitro benzene ring substituents is 1. The summed E-state index contributed by atoms with van der Waals surface area (Å²) in [6.07, 6.45) is 3.69. The van der Waals surface area contributed by atoms with E-state index in [1.54, 1.807) is 6.07 Å². The molecule has 0 spiro atoms. The van der Waals surface area contributed by atoms with Gasteiger partial charge in [-0.05, 0) is 43.4 Å². The highest BCUT2D eigenvalue weighted by atomic mass is 16.6. The fourth-order valence-corrected chi connectivity index (χ4v) is 2.45. The number of nitrogens with zero attached hydrogens (tertiary/aromatic N) is 2. The maximum absolute atomic E-state index is 10.9. The van der Waals surface area contributed by atoms with Crippen molar-refractivity contribution in [1.29, 1.82) is 0 Å². The van der Waals surface area contributed by atoms with E-state index in [-0.39, 0.29) is 5.69 Å². The van der Waals surface area contributed by atoms with Crippen LogP contribution >= 0.6 is 0 Å². The molecular formula is C15H24N4O2. The molecule has 1 saturated carbocycles. The molecule has 1 aromatic carbocycles. The zero-order chi connectivity index (χ0) is 15.4. The number of nitrogens with one attached hydrogen (secondary N) is 1. The van der Waals surface area contributed by atoms with Crippen LogP contribution < -0.4 is 11.3 Å². The van der Waals surface area contributed by atoms with Gasteiger partial charge in [-0.3, -0.25) is 20.9 Å². The van der Waals surface area contributed by atoms with Crippen molar-refractivity contribution in [3.05, 3.63) is 33.9 Å².